The second-order valence-electron chi connectivity index (χ2n) is 1.32. The van der Waals surface area contributed by atoms with Crippen LogP contribution in [0, 0.1) is 0 Å². The summed E-state index contributed by atoms with van der Waals surface area (Å²) >= 11 is 4.48. The van der Waals surface area contributed by atoms with Crippen molar-refractivity contribution >= 4 is 23.5 Å². The Balaban J connectivity index is 0. The monoisotopic (exact) mass is 178 g/mol. The first-order chi connectivity index (χ1) is 5.00. The summed E-state index contributed by atoms with van der Waals surface area (Å²) in [4.78, 5) is 8.56. The molecular formula is C5H10N2O3S. The molecule has 0 atom stereocenters. The molecule has 0 amide bonds. The molecular weight excluding hydrogens is 168 g/mol. The first-order valence-electron chi connectivity index (χ1n) is 2.56. The van der Waals surface area contributed by atoms with Gasteiger partial charge in [0.05, 0.1) is 0 Å². The van der Waals surface area contributed by atoms with Crippen LogP contribution < -0.4 is 11.1 Å². The lowest BCUT2D eigenvalue weighted by Gasteiger charge is -1.94. The summed E-state index contributed by atoms with van der Waals surface area (Å²) < 4.78 is 0. The summed E-state index contributed by atoms with van der Waals surface area (Å²) in [6.07, 6.45) is -0.140. The van der Waals surface area contributed by atoms with E-state index in [1.807, 2.05) is 0 Å². The fourth-order valence-corrected chi connectivity index (χ4v) is 0.256. The fraction of sp³-hybridized carbons (Fsp3) is 0.200. The number of hydrogen-bond donors (Lipinski definition) is 4. The second-order valence-corrected chi connectivity index (χ2v) is 1.76. The normalized spacial score (nSPS) is 6.91. The molecule has 5 N–H and O–H groups in total. The summed E-state index contributed by atoms with van der Waals surface area (Å²) in [6, 6.07) is 0. The molecule has 0 spiro atoms. The lowest BCUT2D eigenvalue weighted by atomic mass is 10.6. The van der Waals surface area contributed by atoms with E-state index < -0.39 is 6.16 Å². The van der Waals surface area contributed by atoms with Crippen molar-refractivity contribution in [1.82, 2.24) is 5.32 Å². The molecule has 5 nitrogen and oxygen atoms in total. The summed E-state index contributed by atoms with van der Waals surface area (Å²) in [5.41, 5.74) is 5.05. The Bertz CT molecular complexity index is 145. The molecule has 64 valence electrons. The van der Waals surface area contributed by atoms with Gasteiger partial charge in [0, 0.05) is 6.54 Å². The van der Waals surface area contributed by atoms with Crippen molar-refractivity contribution in [2.45, 2.75) is 0 Å². The van der Waals surface area contributed by atoms with E-state index in [9.17, 15) is 0 Å². The van der Waals surface area contributed by atoms with E-state index in [2.05, 4.69) is 24.1 Å². The number of rotatable bonds is 2. The molecule has 0 aromatic carbocycles. The number of nitrogens with one attached hydrogen (secondary N) is 1. The van der Waals surface area contributed by atoms with Crippen LogP contribution in [-0.4, -0.2) is 28.0 Å². The van der Waals surface area contributed by atoms with Gasteiger partial charge in [-0.25, -0.2) is 4.79 Å². The molecule has 0 aromatic heterocycles. The van der Waals surface area contributed by atoms with Gasteiger partial charge < -0.3 is 21.3 Å². The fourth-order valence-electron chi connectivity index (χ4n) is 0.173. The number of hydrogen-bond acceptors (Lipinski definition) is 2. The van der Waals surface area contributed by atoms with Crippen LogP contribution in [0.25, 0.3) is 0 Å². The minimum absolute atomic E-state index is 0.319. The van der Waals surface area contributed by atoms with Crippen LogP contribution in [0.15, 0.2) is 12.7 Å². The third-order valence-electron chi connectivity index (χ3n) is 0.421. The van der Waals surface area contributed by atoms with Crippen LogP contribution in [0.2, 0.25) is 0 Å². The molecule has 0 aliphatic carbocycles. The minimum Gasteiger partial charge on any atom is -0.450 e. The molecule has 11 heavy (non-hydrogen) atoms. The highest BCUT2D eigenvalue weighted by atomic mass is 32.1. The predicted octanol–water partition coefficient (Wildman–Crippen LogP) is 0.228. The maximum atomic E-state index is 8.56. The molecule has 0 heterocycles. The first-order valence-corrected chi connectivity index (χ1v) is 2.97. The van der Waals surface area contributed by atoms with Crippen molar-refractivity contribution in [2.75, 3.05) is 6.54 Å². The number of carbonyl (C=O) groups is 1. The Kier molecular flexibility index (Phi) is 9.79. The quantitative estimate of drug-likeness (QED) is 0.357. The second kappa shape index (κ2) is 8.70. The summed E-state index contributed by atoms with van der Waals surface area (Å²) in [7, 11) is 0. The van der Waals surface area contributed by atoms with Crippen LogP contribution in [-0.2, 0) is 0 Å². The van der Waals surface area contributed by atoms with Crippen LogP contribution in [0.1, 0.15) is 0 Å². The summed E-state index contributed by atoms with van der Waals surface area (Å²) in [5.74, 6) is 0. The lowest BCUT2D eigenvalue weighted by Crippen LogP contribution is -2.28. The van der Waals surface area contributed by atoms with Gasteiger partial charge in [0.25, 0.3) is 0 Å². The van der Waals surface area contributed by atoms with Gasteiger partial charge in [-0.05, 0) is 12.2 Å². The molecule has 6 heteroatoms. The maximum Gasteiger partial charge on any atom is 0.503 e. The van der Waals surface area contributed by atoms with E-state index in [1.54, 1.807) is 6.08 Å². The molecule has 0 unspecified atom stereocenters. The van der Waals surface area contributed by atoms with Gasteiger partial charge in [-0.2, -0.15) is 0 Å². The number of thiocarbonyl (C=S) groups is 1. The van der Waals surface area contributed by atoms with Crippen molar-refractivity contribution in [2.24, 2.45) is 5.73 Å². The zero-order valence-corrected chi connectivity index (χ0v) is 6.60. The third-order valence-corrected chi connectivity index (χ3v) is 0.565. The lowest BCUT2D eigenvalue weighted by molar-refractivity contribution is 0.137. The highest BCUT2D eigenvalue weighted by Gasteiger charge is 1.76. The van der Waals surface area contributed by atoms with Gasteiger partial charge in [-0.1, -0.05) is 6.08 Å². The molecule has 0 aromatic rings. The van der Waals surface area contributed by atoms with E-state index in [0.29, 0.717) is 11.7 Å². The van der Waals surface area contributed by atoms with Gasteiger partial charge in [0.2, 0.25) is 0 Å². The summed E-state index contributed by atoms with van der Waals surface area (Å²) in [6.45, 7) is 4.10. The minimum atomic E-state index is -1.83. The average Bonchev–Trinajstić information content (AvgIpc) is 1.82. The van der Waals surface area contributed by atoms with E-state index >= 15 is 0 Å². The Hall–Kier alpha value is -1.30. The van der Waals surface area contributed by atoms with Gasteiger partial charge in [-0.15, -0.1) is 6.58 Å². The Labute approximate surface area is 69.5 Å². The van der Waals surface area contributed by atoms with Crippen molar-refractivity contribution < 1.29 is 15.0 Å². The summed E-state index contributed by atoms with van der Waals surface area (Å²) in [5, 5.41) is 17.0. The molecule has 0 saturated carbocycles. The standard InChI is InChI=1S/C4H8N2S.CH2O3/c1-2-3-6-4(5)7;2-1(3)4/h2H,1,3H2,(H3,5,6,7);(H2,2,3,4). The molecule has 0 radical (unpaired) electrons. The first kappa shape index (κ1) is 12.4. The highest BCUT2D eigenvalue weighted by molar-refractivity contribution is 7.80. The topological polar surface area (TPSA) is 95.6 Å². The van der Waals surface area contributed by atoms with Crippen LogP contribution >= 0.6 is 12.2 Å². The number of carboxylic acid groups (broad SMARTS) is 2. The van der Waals surface area contributed by atoms with Crippen LogP contribution in [0.5, 0.6) is 0 Å². The van der Waals surface area contributed by atoms with Crippen molar-refractivity contribution in [1.29, 1.82) is 0 Å². The predicted molar refractivity (Wildman–Crippen MR) is 45.6 cm³/mol. The molecule has 0 bridgehead atoms. The number of nitrogens with two attached hydrogens (primary N) is 1. The van der Waals surface area contributed by atoms with Gasteiger partial charge in [0.15, 0.2) is 5.11 Å². The van der Waals surface area contributed by atoms with Crippen molar-refractivity contribution in [3.63, 3.8) is 0 Å². The molecule has 0 fully saturated rings. The van der Waals surface area contributed by atoms with Crippen LogP contribution in [0.4, 0.5) is 4.79 Å². The molecule has 0 rings (SSSR count). The average molecular weight is 178 g/mol. The van der Waals surface area contributed by atoms with Gasteiger partial charge >= 0.3 is 6.16 Å². The maximum absolute atomic E-state index is 8.56. The van der Waals surface area contributed by atoms with E-state index in [-0.39, 0.29) is 0 Å². The van der Waals surface area contributed by atoms with E-state index in [4.69, 9.17) is 20.7 Å². The zero-order valence-electron chi connectivity index (χ0n) is 5.78. The van der Waals surface area contributed by atoms with Gasteiger partial charge in [0.1, 0.15) is 0 Å². The smallest absolute Gasteiger partial charge is 0.450 e. The van der Waals surface area contributed by atoms with E-state index in [0.717, 1.165) is 0 Å². The zero-order chi connectivity index (χ0) is 9.28. The Morgan fingerprint density at radius 3 is 2.18 bits per heavy atom. The van der Waals surface area contributed by atoms with Gasteiger partial charge in [-0.3, -0.25) is 0 Å². The van der Waals surface area contributed by atoms with Crippen LogP contribution in [0.3, 0.4) is 0 Å². The Morgan fingerprint density at radius 2 is 2.09 bits per heavy atom. The largest absolute Gasteiger partial charge is 0.503 e. The third kappa shape index (κ3) is 53.6. The van der Waals surface area contributed by atoms with Crippen molar-refractivity contribution in [3.8, 4) is 0 Å². The molecule has 0 aliphatic heterocycles. The van der Waals surface area contributed by atoms with E-state index in [1.165, 1.54) is 0 Å². The molecule has 0 aliphatic rings. The molecule has 0 saturated heterocycles. The SMILES string of the molecule is C=CCNC(N)=S.O=C(O)O. The Morgan fingerprint density at radius 1 is 1.73 bits per heavy atom. The van der Waals surface area contributed by atoms with Crippen molar-refractivity contribution in [3.05, 3.63) is 12.7 Å². The highest BCUT2D eigenvalue weighted by Crippen LogP contribution is 1.58.